The third kappa shape index (κ3) is 6.93. The summed E-state index contributed by atoms with van der Waals surface area (Å²) in [4.78, 5) is 22.7. The zero-order valence-electron chi connectivity index (χ0n) is 19.6. The molecule has 1 heterocycles. The van der Waals surface area contributed by atoms with E-state index in [1.165, 1.54) is 30.1 Å². The second-order valence-corrected chi connectivity index (χ2v) is 9.08. The molecule has 1 aromatic heterocycles. The minimum atomic E-state index is -0.449. The molecule has 0 saturated carbocycles. The molecule has 4 rings (SSSR count). The summed E-state index contributed by atoms with van der Waals surface area (Å²) in [5, 5.41) is 24.4. The summed E-state index contributed by atoms with van der Waals surface area (Å²) in [5.41, 5.74) is 4.84. The van der Waals surface area contributed by atoms with Gasteiger partial charge in [0.1, 0.15) is 12.4 Å². The maximum Gasteiger partial charge on any atom is 0.269 e. The van der Waals surface area contributed by atoms with Crippen LogP contribution in [-0.2, 0) is 18.4 Å². The molecule has 0 bridgehead atoms. The van der Waals surface area contributed by atoms with E-state index < -0.39 is 4.92 Å². The Morgan fingerprint density at radius 1 is 1.14 bits per heavy atom. The quantitative estimate of drug-likeness (QED) is 0.133. The van der Waals surface area contributed by atoms with Gasteiger partial charge in [-0.3, -0.25) is 14.9 Å². The smallest absolute Gasteiger partial charge is 0.269 e. The summed E-state index contributed by atoms with van der Waals surface area (Å²) in [6.45, 7) is 0.224. The van der Waals surface area contributed by atoms with Crippen LogP contribution in [0.4, 0.5) is 5.69 Å². The zero-order valence-corrected chi connectivity index (χ0v) is 21.1. The van der Waals surface area contributed by atoms with Crippen molar-refractivity contribution in [2.24, 2.45) is 12.1 Å². The molecule has 0 spiro atoms. The normalized spacial score (nSPS) is 11.0. The van der Waals surface area contributed by atoms with E-state index in [0.29, 0.717) is 27.3 Å². The molecule has 37 heavy (non-hydrogen) atoms. The molecule has 12 heteroatoms. The number of nitrogens with one attached hydrogen (secondary N) is 1. The third-order valence-electron chi connectivity index (χ3n) is 5.12. The number of hydrazone groups is 1. The average molecular weight is 537 g/mol. The van der Waals surface area contributed by atoms with Gasteiger partial charge in [-0.05, 0) is 54.1 Å². The average Bonchev–Trinajstić information content (AvgIpc) is 3.27. The minimum absolute atomic E-state index is 0.0198. The number of amides is 1. The highest BCUT2D eigenvalue weighted by Crippen LogP contribution is 2.24. The number of hydrogen-bond donors (Lipinski definition) is 1. The Kier molecular flexibility index (Phi) is 8.49. The van der Waals surface area contributed by atoms with E-state index in [0.717, 1.165) is 11.1 Å². The number of carbonyl (C=O) groups excluding carboxylic acids is 1. The van der Waals surface area contributed by atoms with E-state index in [4.69, 9.17) is 16.3 Å². The van der Waals surface area contributed by atoms with Crippen LogP contribution in [-0.4, -0.2) is 37.6 Å². The van der Waals surface area contributed by atoms with Crippen LogP contribution in [0, 0.1) is 10.1 Å². The van der Waals surface area contributed by atoms with E-state index >= 15 is 0 Å². The van der Waals surface area contributed by atoms with Gasteiger partial charge in [-0.2, -0.15) is 5.10 Å². The van der Waals surface area contributed by atoms with E-state index in [1.54, 1.807) is 36.4 Å². The summed E-state index contributed by atoms with van der Waals surface area (Å²) in [7, 11) is 1.83. The molecule has 3 aromatic carbocycles. The summed E-state index contributed by atoms with van der Waals surface area (Å²) >= 11 is 7.19. The number of ether oxygens (including phenoxy) is 1. The Hall–Kier alpha value is -4.22. The number of thioether (sulfide) groups is 1. The molecular weight excluding hydrogens is 516 g/mol. The number of para-hydroxylation sites is 1. The molecule has 1 amide bonds. The molecule has 10 nitrogen and oxygen atoms in total. The minimum Gasteiger partial charge on any atom is -0.488 e. The van der Waals surface area contributed by atoms with Crippen molar-refractivity contribution in [2.45, 2.75) is 11.8 Å². The first-order valence-corrected chi connectivity index (χ1v) is 12.3. The van der Waals surface area contributed by atoms with Crippen molar-refractivity contribution in [3.63, 3.8) is 0 Å². The first-order chi connectivity index (χ1) is 17.9. The highest BCUT2D eigenvalue weighted by Gasteiger charge is 2.13. The summed E-state index contributed by atoms with van der Waals surface area (Å²) in [6, 6.07) is 20.6. The van der Waals surface area contributed by atoms with Gasteiger partial charge < -0.3 is 9.30 Å². The van der Waals surface area contributed by atoms with Crippen LogP contribution in [0.5, 0.6) is 5.75 Å². The van der Waals surface area contributed by atoms with Gasteiger partial charge in [-0.15, -0.1) is 10.2 Å². The highest BCUT2D eigenvalue weighted by molar-refractivity contribution is 7.99. The largest absolute Gasteiger partial charge is 0.488 e. The third-order valence-corrected chi connectivity index (χ3v) is 6.40. The first kappa shape index (κ1) is 25.9. The lowest BCUT2D eigenvalue weighted by Gasteiger charge is -2.09. The van der Waals surface area contributed by atoms with Gasteiger partial charge in [-0.1, -0.05) is 35.5 Å². The Balaban J connectivity index is 1.30. The van der Waals surface area contributed by atoms with Crippen molar-refractivity contribution < 1.29 is 14.5 Å². The van der Waals surface area contributed by atoms with E-state index in [2.05, 4.69) is 20.7 Å². The van der Waals surface area contributed by atoms with Crippen molar-refractivity contribution in [3.05, 3.63) is 99.1 Å². The number of halogens is 1. The SMILES string of the molecule is Cn1c(SCC(=O)N/N=C/c2ccccc2OCc2ccc([N+](=O)[O-])cc2)nnc1-c1ccc(Cl)cc1. The standard InChI is InChI=1S/C25H21ClN6O4S/c1-31-24(18-8-10-20(26)11-9-18)29-30-25(31)37-16-23(33)28-27-14-19-4-2-3-5-22(19)36-15-17-6-12-21(13-7-17)32(34)35/h2-14H,15-16H2,1H3,(H,28,33)/b27-14+. The molecule has 4 aromatic rings. The predicted molar refractivity (Wildman–Crippen MR) is 142 cm³/mol. The van der Waals surface area contributed by atoms with E-state index in [1.807, 2.05) is 35.9 Å². The van der Waals surface area contributed by atoms with Crippen LogP contribution in [0.1, 0.15) is 11.1 Å². The lowest BCUT2D eigenvalue weighted by molar-refractivity contribution is -0.384. The van der Waals surface area contributed by atoms with Crippen molar-refractivity contribution in [1.82, 2.24) is 20.2 Å². The van der Waals surface area contributed by atoms with E-state index in [-0.39, 0.29) is 24.0 Å². The lowest BCUT2D eigenvalue weighted by atomic mass is 10.2. The molecular formula is C25H21ClN6O4S. The molecule has 0 saturated heterocycles. The number of carbonyl (C=O) groups is 1. The Morgan fingerprint density at radius 2 is 1.86 bits per heavy atom. The number of benzene rings is 3. The van der Waals surface area contributed by atoms with Crippen LogP contribution in [0.2, 0.25) is 5.02 Å². The van der Waals surface area contributed by atoms with Gasteiger partial charge >= 0.3 is 0 Å². The van der Waals surface area contributed by atoms with Crippen molar-refractivity contribution in [3.8, 4) is 17.1 Å². The zero-order chi connectivity index (χ0) is 26.2. The Labute approximate surface area is 221 Å². The van der Waals surface area contributed by atoms with Crippen LogP contribution in [0.3, 0.4) is 0 Å². The summed E-state index contributed by atoms with van der Waals surface area (Å²) < 4.78 is 7.65. The number of nitrogens with zero attached hydrogens (tertiary/aromatic N) is 5. The molecule has 0 fully saturated rings. The van der Waals surface area contributed by atoms with Crippen molar-refractivity contribution in [1.29, 1.82) is 0 Å². The maximum absolute atomic E-state index is 12.3. The van der Waals surface area contributed by atoms with Crippen LogP contribution in [0.15, 0.2) is 83.1 Å². The van der Waals surface area contributed by atoms with Crippen LogP contribution >= 0.6 is 23.4 Å². The molecule has 0 radical (unpaired) electrons. The highest BCUT2D eigenvalue weighted by atomic mass is 35.5. The fraction of sp³-hybridized carbons (Fsp3) is 0.120. The number of nitro benzene ring substituents is 1. The Bertz CT molecular complexity index is 1420. The molecule has 1 N–H and O–H groups in total. The number of nitro groups is 1. The second-order valence-electron chi connectivity index (χ2n) is 7.70. The Morgan fingerprint density at radius 3 is 2.59 bits per heavy atom. The maximum atomic E-state index is 12.3. The van der Waals surface area contributed by atoms with Gasteiger partial charge in [0, 0.05) is 35.3 Å². The second kappa shape index (κ2) is 12.2. The monoisotopic (exact) mass is 536 g/mol. The first-order valence-electron chi connectivity index (χ1n) is 11.0. The van der Waals surface area contributed by atoms with Gasteiger partial charge in [-0.25, -0.2) is 5.43 Å². The number of hydrogen-bond acceptors (Lipinski definition) is 8. The molecule has 188 valence electrons. The molecule has 0 aliphatic carbocycles. The van der Waals surface area contributed by atoms with Crippen LogP contribution < -0.4 is 10.2 Å². The number of rotatable bonds is 10. The summed E-state index contributed by atoms with van der Waals surface area (Å²) in [5.74, 6) is 1.02. The fourth-order valence-corrected chi connectivity index (χ4v) is 4.05. The molecule has 0 aliphatic rings. The van der Waals surface area contributed by atoms with Gasteiger partial charge in [0.25, 0.3) is 11.6 Å². The summed E-state index contributed by atoms with van der Waals surface area (Å²) in [6.07, 6.45) is 1.49. The van der Waals surface area contributed by atoms with Crippen LogP contribution in [0.25, 0.3) is 11.4 Å². The van der Waals surface area contributed by atoms with Gasteiger partial charge in [0.15, 0.2) is 11.0 Å². The molecule has 0 aliphatic heterocycles. The predicted octanol–water partition coefficient (Wildman–Crippen LogP) is 4.87. The van der Waals surface area contributed by atoms with Crippen molar-refractivity contribution >= 4 is 41.2 Å². The van der Waals surface area contributed by atoms with Crippen molar-refractivity contribution in [2.75, 3.05) is 5.75 Å². The molecule has 0 unspecified atom stereocenters. The number of aromatic nitrogens is 3. The number of non-ortho nitro benzene ring substituents is 1. The topological polar surface area (TPSA) is 125 Å². The fourth-order valence-electron chi connectivity index (χ4n) is 3.22. The molecule has 0 atom stereocenters. The van der Waals surface area contributed by atoms with Gasteiger partial charge in [0.2, 0.25) is 0 Å². The van der Waals surface area contributed by atoms with E-state index in [9.17, 15) is 14.9 Å². The van der Waals surface area contributed by atoms with Gasteiger partial charge in [0.05, 0.1) is 16.9 Å². The lowest BCUT2D eigenvalue weighted by Crippen LogP contribution is -2.20.